The molecule has 3 heterocycles. The maximum Gasteiger partial charge on any atom is 0.407 e. The molecule has 66 heavy (non-hydrogen) atoms. The number of carbonyl (C=O) groups excluding carboxylic acids is 6. The third-order valence-corrected chi connectivity index (χ3v) is 12.5. The van der Waals surface area contributed by atoms with Crippen molar-refractivity contribution >= 4 is 52.9 Å². The number of ether oxygens (including phenoxy) is 2. The number of likely N-dealkylation sites (tertiary alicyclic amines) is 2. The number of halogens is 1. The molecule has 6 amide bonds. The highest BCUT2D eigenvalue weighted by Crippen LogP contribution is 2.47. The molecular formula is C48H62FN7O10. The molecule has 3 aromatic rings. The van der Waals surface area contributed by atoms with Crippen molar-refractivity contribution < 1.29 is 52.8 Å². The second-order valence-corrected chi connectivity index (χ2v) is 19.4. The number of anilines is 3. The maximum atomic E-state index is 14.2. The number of carbonyl (C=O) groups is 6. The predicted molar refractivity (Wildman–Crippen MR) is 244 cm³/mol. The Morgan fingerprint density at radius 3 is 1.30 bits per heavy atom. The smallest absolute Gasteiger partial charge is 0.407 e. The number of nitrogens with zero attached hydrogens (tertiary/aromatic N) is 3. The van der Waals surface area contributed by atoms with Gasteiger partial charge in [0.15, 0.2) is 0 Å². The number of β-amino-alcohol motifs (C(OH)–C–C–N with tert-alkyl or cyclic N) is 2. The van der Waals surface area contributed by atoms with E-state index in [9.17, 15) is 43.4 Å². The van der Waals surface area contributed by atoms with Gasteiger partial charge in [0.1, 0.15) is 30.0 Å². The van der Waals surface area contributed by atoms with Gasteiger partial charge in [-0.05, 0) is 83.3 Å². The van der Waals surface area contributed by atoms with Crippen LogP contribution in [0, 0.1) is 16.6 Å². The Hall–Kier alpha value is -6.27. The largest absolute Gasteiger partial charge is 0.453 e. The molecule has 17 nitrogen and oxygen atoms in total. The normalized spacial score (nSPS) is 22.9. The zero-order chi connectivity index (χ0) is 48.2. The molecule has 3 saturated heterocycles. The standard InChI is InChI=1S/C48H62FN7O10/c1-47(2,3)39(52-45(63)65-7)43(61)54-25-33(57)23-37(54)41(59)50-30-15-9-27(10-16-30)35-21-22-36(56(35)32-19-13-29(49)14-20-32)28-11-17-31(18-12-28)51-42(60)38-24-34(58)26-55(38)44(62)40(48(4,5)6)53-46(64)66-8/h9-20,33-40,57-58H,21-26H2,1-8H3,(H,50,59)(H,51,60)(H,52,63)(H,53,64)/t33-,34-,35?,36?,37-,38-,39+,40+/m0/s1. The molecule has 0 saturated carbocycles. The van der Waals surface area contributed by atoms with Gasteiger partial charge >= 0.3 is 12.2 Å². The molecule has 2 unspecified atom stereocenters. The van der Waals surface area contributed by atoms with E-state index in [0.29, 0.717) is 11.4 Å². The second kappa shape index (κ2) is 20.1. The second-order valence-electron chi connectivity index (χ2n) is 19.4. The fraction of sp³-hybridized carbons (Fsp3) is 0.500. The molecule has 3 fully saturated rings. The first-order valence-electron chi connectivity index (χ1n) is 22.1. The van der Waals surface area contributed by atoms with E-state index >= 15 is 0 Å². The molecule has 0 spiro atoms. The molecule has 6 N–H and O–H groups in total. The van der Waals surface area contributed by atoms with Gasteiger partial charge in [-0.2, -0.15) is 0 Å². The fourth-order valence-electron chi connectivity index (χ4n) is 9.06. The molecule has 0 bridgehead atoms. The summed E-state index contributed by atoms with van der Waals surface area (Å²) in [6.45, 7) is 10.5. The average molecular weight is 916 g/mol. The highest BCUT2D eigenvalue weighted by molar-refractivity contribution is 6.00. The number of amides is 6. The van der Waals surface area contributed by atoms with E-state index in [2.05, 4.69) is 26.2 Å². The highest BCUT2D eigenvalue weighted by atomic mass is 19.1. The molecule has 3 aliphatic heterocycles. The molecule has 18 heteroatoms. The number of hydrogen-bond acceptors (Lipinski definition) is 11. The third kappa shape index (κ3) is 11.2. The average Bonchev–Trinajstić information content (AvgIpc) is 4.01. The van der Waals surface area contributed by atoms with Crippen LogP contribution in [0.25, 0.3) is 0 Å². The number of aliphatic hydroxyl groups excluding tert-OH is 2. The number of hydrogen-bond donors (Lipinski definition) is 6. The summed E-state index contributed by atoms with van der Waals surface area (Å²) in [5, 5.41) is 32.1. The van der Waals surface area contributed by atoms with Crippen molar-refractivity contribution in [1.82, 2.24) is 20.4 Å². The summed E-state index contributed by atoms with van der Waals surface area (Å²) >= 11 is 0. The summed E-state index contributed by atoms with van der Waals surface area (Å²) < 4.78 is 23.7. The molecule has 0 radical (unpaired) electrons. The Morgan fingerprint density at radius 2 is 0.970 bits per heavy atom. The van der Waals surface area contributed by atoms with E-state index in [-0.39, 0.29) is 43.8 Å². The quantitative estimate of drug-likeness (QED) is 0.146. The van der Waals surface area contributed by atoms with Crippen LogP contribution >= 0.6 is 0 Å². The van der Waals surface area contributed by atoms with Crippen LogP contribution in [0.5, 0.6) is 0 Å². The van der Waals surface area contributed by atoms with Gasteiger partial charge in [-0.3, -0.25) is 19.2 Å². The van der Waals surface area contributed by atoms with Crippen LogP contribution < -0.4 is 26.2 Å². The Morgan fingerprint density at radius 1 is 0.606 bits per heavy atom. The minimum Gasteiger partial charge on any atom is -0.453 e. The molecule has 0 aliphatic carbocycles. The van der Waals surface area contributed by atoms with E-state index in [1.807, 2.05) is 24.3 Å². The van der Waals surface area contributed by atoms with E-state index < -0.39 is 83.0 Å². The Labute approximate surface area is 384 Å². The van der Waals surface area contributed by atoms with Crippen molar-refractivity contribution in [2.24, 2.45) is 10.8 Å². The molecule has 8 atom stereocenters. The van der Waals surface area contributed by atoms with Gasteiger partial charge in [0, 0.05) is 43.0 Å². The lowest BCUT2D eigenvalue weighted by Crippen LogP contribution is -2.57. The molecule has 356 valence electrons. The van der Waals surface area contributed by atoms with Crippen LogP contribution in [0.1, 0.15) is 90.4 Å². The first-order valence-corrected chi connectivity index (χ1v) is 22.1. The van der Waals surface area contributed by atoms with Crippen molar-refractivity contribution in [3.8, 4) is 0 Å². The van der Waals surface area contributed by atoms with Crippen molar-refractivity contribution in [2.45, 2.75) is 116 Å². The van der Waals surface area contributed by atoms with Crippen molar-refractivity contribution in [3.05, 3.63) is 89.7 Å². The van der Waals surface area contributed by atoms with E-state index in [0.717, 1.165) is 29.7 Å². The first-order chi connectivity index (χ1) is 31.1. The summed E-state index contributed by atoms with van der Waals surface area (Å²) in [6, 6.07) is 16.7. The third-order valence-electron chi connectivity index (χ3n) is 12.5. The summed E-state index contributed by atoms with van der Waals surface area (Å²) in [5.74, 6) is -2.37. The monoisotopic (exact) mass is 915 g/mol. The van der Waals surface area contributed by atoms with Crippen LogP contribution in [-0.2, 0) is 28.7 Å². The SMILES string of the molecule is COC(=O)N[C@H](C(=O)N1C[C@@H](O)C[C@H]1C(=O)Nc1ccc(C2CCC(c3ccc(NC(=O)[C@@H]4C[C@H](O)CN4C(=O)[C@@H](NC(=O)OC)C(C)(C)C)cc3)N2c2ccc(F)cc2)cc1)C(C)(C)C. The van der Waals surface area contributed by atoms with Crippen LogP contribution in [0.15, 0.2) is 72.8 Å². The Bertz CT molecular complexity index is 2110. The topological polar surface area (TPSA) is 219 Å². The number of nitrogens with one attached hydrogen (secondary N) is 4. The van der Waals surface area contributed by atoms with Gasteiger partial charge in [0.05, 0.1) is 38.5 Å². The van der Waals surface area contributed by atoms with Gasteiger partial charge in [0.25, 0.3) is 0 Å². The lowest BCUT2D eigenvalue weighted by Gasteiger charge is -2.35. The zero-order valence-corrected chi connectivity index (χ0v) is 38.7. The maximum absolute atomic E-state index is 14.2. The number of aliphatic hydroxyl groups is 2. The predicted octanol–water partition coefficient (Wildman–Crippen LogP) is 5.25. The van der Waals surface area contributed by atoms with E-state index in [4.69, 9.17) is 9.47 Å². The van der Waals surface area contributed by atoms with Gasteiger partial charge in [-0.15, -0.1) is 0 Å². The van der Waals surface area contributed by atoms with Crippen LogP contribution in [0.2, 0.25) is 0 Å². The van der Waals surface area contributed by atoms with Crippen molar-refractivity contribution in [2.75, 3.05) is 42.8 Å². The Balaban J connectivity index is 1.16. The van der Waals surface area contributed by atoms with Gasteiger partial charge < -0.3 is 55.7 Å². The van der Waals surface area contributed by atoms with Gasteiger partial charge in [-0.1, -0.05) is 65.8 Å². The lowest BCUT2D eigenvalue weighted by atomic mass is 9.85. The van der Waals surface area contributed by atoms with Gasteiger partial charge in [0.2, 0.25) is 23.6 Å². The van der Waals surface area contributed by atoms with Crippen molar-refractivity contribution in [3.63, 3.8) is 0 Å². The number of rotatable bonds is 11. The van der Waals surface area contributed by atoms with Crippen LogP contribution in [-0.4, -0.2) is 120 Å². The van der Waals surface area contributed by atoms with Gasteiger partial charge in [-0.25, -0.2) is 14.0 Å². The van der Waals surface area contributed by atoms with E-state index in [1.165, 1.54) is 36.2 Å². The summed E-state index contributed by atoms with van der Waals surface area (Å²) in [7, 11) is 2.39. The summed E-state index contributed by atoms with van der Waals surface area (Å²) in [4.78, 5) is 84.0. The zero-order valence-electron chi connectivity index (χ0n) is 38.7. The molecule has 0 aromatic heterocycles. The number of alkyl carbamates (subject to hydrolysis) is 2. The molecule has 3 aromatic carbocycles. The van der Waals surface area contributed by atoms with Crippen LogP contribution in [0.3, 0.4) is 0 Å². The van der Waals surface area contributed by atoms with E-state index in [1.54, 1.807) is 77.9 Å². The minimum atomic E-state index is -1.02. The minimum absolute atomic E-state index is 0.0220. The fourth-order valence-corrected chi connectivity index (χ4v) is 9.06. The number of benzene rings is 3. The molecule has 6 rings (SSSR count). The number of methoxy groups -OCH3 is 2. The van der Waals surface area contributed by atoms with Crippen LogP contribution in [0.4, 0.5) is 31.0 Å². The highest BCUT2D eigenvalue weighted by Gasteiger charge is 2.46. The van der Waals surface area contributed by atoms with Crippen molar-refractivity contribution in [1.29, 1.82) is 0 Å². The molecular weight excluding hydrogens is 854 g/mol. The molecule has 3 aliphatic rings. The summed E-state index contributed by atoms with van der Waals surface area (Å²) in [6.07, 6.45) is -1.95. The first kappa shape index (κ1) is 49.2. The summed E-state index contributed by atoms with van der Waals surface area (Å²) in [5.41, 5.74) is 2.17. The Kier molecular flexibility index (Phi) is 15.0. The lowest BCUT2D eigenvalue weighted by molar-refractivity contribution is -0.140.